The third-order valence-electron chi connectivity index (χ3n) is 5.77. The van der Waals surface area contributed by atoms with Crippen LogP contribution >= 0.6 is 23.2 Å². The standard InChI is InChI=1S/C25H20Cl2F3NO3/c1-33-21-11-14-6-7-31(24(32)16-9-18(26)12-19(27)10-16)23(20(14)13-22(21)34-2)15-4-3-5-17(8-15)25(28,29)30/h3-5,8-13,23H,6-7H2,1-2H3/t23-/m1/s1. The van der Waals surface area contributed by atoms with Gasteiger partial charge in [0.2, 0.25) is 0 Å². The van der Waals surface area contributed by atoms with Gasteiger partial charge in [0.15, 0.2) is 11.5 Å². The lowest BCUT2D eigenvalue weighted by Gasteiger charge is -2.38. The molecule has 1 amide bonds. The molecule has 4 nitrogen and oxygen atoms in total. The van der Waals surface area contributed by atoms with Gasteiger partial charge in [0.25, 0.3) is 5.91 Å². The third kappa shape index (κ3) is 4.68. The quantitative estimate of drug-likeness (QED) is 0.387. The highest BCUT2D eigenvalue weighted by atomic mass is 35.5. The molecule has 0 aliphatic carbocycles. The lowest BCUT2D eigenvalue weighted by Crippen LogP contribution is -2.40. The number of hydrogen-bond donors (Lipinski definition) is 0. The number of halogens is 5. The van der Waals surface area contributed by atoms with Crippen molar-refractivity contribution in [3.8, 4) is 11.5 Å². The van der Waals surface area contributed by atoms with Gasteiger partial charge in [-0.05, 0) is 65.6 Å². The van der Waals surface area contributed by atoms with Crippen molar-refractivity contribution in [2.24, 2.45) is 0 Å². The smallest absolute Gasteiger partial charge is 0.416 e. The van der Waals surface area contributed by atoms with E-state index < -0.39 is 23.7 Å². The Morgan fingerprint density at radius 1 is 0.971 bits per heavy atom. The topological polar surface area (TPSA) is 38.8 Å². The Hall–Kier alpha value is -2.90. The Labute approximate surface area is 204 Å². The van der Waals surface area contributed by atoms with E-state index in [0.717, 1.165) is 17.7 Å². The summed E-state index contributed by atoms with van der Waals surface area (Å²) < 4.78 is 51.4. The van der Waals surface area contributed by atoms with Crippen molar-refractivity contribution in [3.05, 3.63) is 92.5 Å². The molecule has 3 aromatic rings. The molecule has 0 spiro atoms. The van der Waals surface area contributed by atoms with Crippen LogP contribution in [0.15, 0.2) is 54.6 Å². The van der Waals surface area contributed by atoms with E-state index in [9.17, 15) is 18.0 Å². The third-order valence-corrected chi connectivity index (χ3v) is 6.21. The van der Waals surface area contributed by atoms with Crippen molar-refractivity contribution in [1.82, 2.24) is 4.90 Å². The van der Waals surface area contributed by atoms with Crippen LogP contribution in [0.5, 0.6) is 11.5 Å². The molecule has 3 aromatic carbocycles. The summed E-state index contributed by atoms with van der Waals surface area (Å²) in [6, 6.07) is 12.2. The average Bonchev–Trinajstić information content (AvgIpc) is 2.80. The maximum Gasteiger partial charge on any atom is 0.416 e. The lowest BCUT2D eigenvalue weighted by atomic mass is 9.86. The van der Waals surface area contributed by atoms with Crippen LogP contribution in [-0.4, -0.2) is 31.6 Å². The van der Waals surface area contributed by atoms with Crippen molar-refractivity contribution >= 4 is 29.1 Å². The summed E-state index contributed by atoms with van der Waals surface area (Å²) in [5.41, 5.74) is 1.29. The molecule has 0 unspecified atom stereocenters. The highest BCUT2D eigenvalue weighted by molar-refractivity contribution is 6.35. The molecule has 0 N–H and O–H groups in total. The monoisotopic (exact) mass is 509 g/mol. The average molecular weight is 510 g/mol. The van der Waals surface area contributed by atoms with Gasteiger partial charge in [0, 0.05) is 22.2 Å². The van der Waals surface area contributed by atoms with Gasteiger partial charge in [-0.1, -0.05) is 35.3 Å². The summed E-state index contributed by atoms with van der Waals surface area (Å²) in [7, 11) is 2.99. The zero-order chi connectivity index (χ0) is 24.6. The second kappa shape index (κ2) is 9.39. The van der Waals surface area contributed by atoms with Gasteiger partial charge < -0.3 is 14.4 Å². The Balaban J connectivity index is 1.90. The normalized spacial score (nSPS) is 15.6. The van der Waals surface area contributed by atoms with E-state index in [1.54, 1.807) is 18.2 Å². The van der Waals surface area contributed by atoms with Crippen LogP contribution in [0, 0.1) is 0 Å². The minimum absolute atomic E-state index is 0.249. The SMILES string of the molecule is COc1cc2c(cc1OC)[C@@H](c1cccc(C(F)(F)F)c1)N(C(=O)c1cc(Cl)cc(Cl)c1)CC2. The Morgan fingerprint density at radius 3 is 2.24 bits per heavy atom. The molecule has 0 bridgehead atoms. The van der Waals surface area contributed by atoms with Crippen LogP contribution in [0.2, 0.25) is 10.0 Å². The number of fused-ring (bicyclic) bond motifs is 1. The van der Waals surface area contributed by atoms with Crippen molar-refractivity contribution in [2.45, 2.75) is 18.6 Å². The van der Waals surface area contributed by atoms with Gasteiger partial charge in [0.1, 0.15) is 0 Å². The molecular formula is C25H20Cl2F3NO3. The maximum atomic E-state index is 13.6. The lowest BCUT2D eigenvalue weighted by molar-refractivity contribution is -0.137. The molecule has 4 rings (SSSR count). The van der Waals surface area contributed by atoms with Gasteiger partial charge in [0.05, 0.1) is 25.8 Å². The number of ether oxygens (including phenoxy) is 2. The molecule has 0 radical (unpaired) electrons. The van der Waals surface area contributed by atoms with E-state index in [-0.39, 0.29) is 22.2 Å². The van der Waals surface area contributed by atoms with E-state index >= 15 is 0 Å². The molecule has 9 heteroatoms. The summed E-state index contributed by atoms with van der Waals surface area (Å²) >= 11 is 12.2. The fourth-order valence-corrected chi connectivity index (χ4v) is 4.78. The van der Waals surface area contributed by atoms with Gasteiger partial charge in [-0.2, -0.15) is 13.2 Å². The van der Waals surface area contributed by atoms with Crippen LogP contribution in [0.1, 0.15) is 38.7 Å². The molecular weight excluding hydrogens is 490 g/mol. The fraction of sp³-hybridized carbons (Fsp3) is 0.240. The first-order valence-electron chi connectivity index (χ1n) is 10.3. The van der Waals surface area contributed by atoms with E-state index in [0.29, 0.717) is 29.0 Å². The molecule has 0 saturated heterocycles. The second-order valence-corrected chi connectivity index (χ2v) is 8.71. The molecule has 34 heavy (non-hydrogen) atoms. The van der Waals surface area contributed by atoms with Crippen LogP contribution in [0.25, 0.3) is 0 Å². The van der Waals surface area contributed by atoms with Crippen molar-refractivity contribution in [1.29, 1.82) is 0 Å². The van der Waals surface area contributed by atoms with Crippen LogP contribution < -0.4 is 9.47 Å². The van der Waals surface area contributed by atoms with Crippen molar-refractivity contribution < 1.29 is 27.4 Å². The zero-order valence-corrected chi connectivity index (χ0v) is 19.8. The van der Waals surface area contributed by atoms with E-state index in [1.165, 1.54) is 43.4 Å². The summed E-state index contributed by atoms with van der Waals surface area (Å²) in [6.45, 7) is 0.270. The van der Waals surface area contributed by atoms with Gasteiger partial charge >= 0.3 is 6.18 Å². The van der Waals surface area contributed by atoms with E-state index in [2.05, 4.69) is 0 Å². The number of methoxy groups -OCH3 is 2. The first-order chi connectivity index (χ1) is 16.1. The first kappa shape index (κ1) is 24.2. The summed E-state index contributed by atoms with van der Waals surface area (Å²) in [6.07, 6.45) is -4.05. The fourth-order valence-electron chi connectivity index (χ4n) is 4.25. The van der Waals surface area contributed by atoms with Crippen LogP contribution in [0.3, 0.4) is 0 Å². The van der Waals surface area contributed by atoms with E-state index in [1.807, 2.05) is 0 Å². The van der Waals surface area contributed by atoms with E-state index in [4.69, 9.17) is 32.7 Å². The number of rotatable bonds is 4. The minimum Gasteiger partial charge on any atom is -0.493 e. The Morgan fingerprint density at radius 2 is 1.62 bits per heavy atom. The highest BCUT2D eigenvalue weighted by Gasteiger charge is 2.36. The molecule has 1 aliphatic rings. The molecule has 1 heterocycles. The van der Waals surface area contributed by atoms with Gasteiger partial charge in [-0.25, -0.2) is 0 Å². The Kier molecular flexibility index (Phi) is 6.69. The molecule has 0 saturated carbocycles. The maximum absolute atomic E-state index is 13.6. The number of hydrogen-bond acceptors (Lipinski definition) is 3. The first-order valence-corrected chi connectivity index (χ1v) is 11.1. The Bertz CT molecular complexity index is 1230. The predicted octanol–water partition coefficient (Wildman–Crippen LogP) is 6.82. The summed E-state index contributed by atoms with van der Waals surface area (Å²) in [5, 5.41) is 0.575. The zero-order valence-electron chi connectivity index (χ0n) is 18.2. The minimum atomic E-state index is -4.53. The number of benzene rings is 3. The van der Waals surface area contributed by atoms with Crippen LogP contribution in [-0.2, 0) is 12.6 Å². The summed E-state index contributed by atoms with van der Waals surface area (Å²) in [4.78, 5) is 15.1. The number of alkyl halides is 3. The van der Waals surface area contributed by atoms with Crippen molar-refractivity contribution in [3.63, 3.8) is 0 Å². The second-order valence-electron chi connectivity index (χ2n) is 7.84. The molecule has 178 valence electrons. The highest BCUT2D eigenvalue weighted by Crippen LogP contribution is 2.43. The number of amides is 1. The molecule has 0 fully saturated rings. The number of carbonyl (C=O) groups is 1. The molecule has 1 aliphatic heterocycles. The number of nitrogens with zero attached hydrogens (tertiary/aromatic N) is 1. The molecule has 1 atom stereocenters. The summed E-state index contributed by atoms with van der Waals surface area (Å²) in [5.74, 6) is 0.524. The number of carbonyl (C=O) groups excluding carboxylic acids is 1. The van der Waals surface area contributed by atoms with Gasteiger partial charge in [-0.3, -0.25) is 4.79 Å². The predicted molar refractivity (Wildman–Crippen MR) is 124 cm³/mol. The van der Waals surface area contributed by atoms with Crippen molar-refractivity contribution in [2.75, 3.05) is 20.8 Å². The largest absolute Gasteiger partial charge is 0.493 e. The van der Waals surface area contributed by atoms with Gasteiger partial charge in [-0.15, -0.1) is 0 Å². The molecule has 0 aromatic heterocycles. The van der Waals surface area contributed by atoms with Crippen LogP contribution in [0.4, 0.5) is 13.2 Å².